The van der Waals surface area contributed by atoms with E-state index in [-0.39, 0.29) is 36.1 Å². The first-order valence-corrected chi connectivity index (χ1v) is 25.9. The average molecular weight is 934 g/mol. The van der Waals surface area contributed by atoms with Crippen LogP contribution < -0.4 is 37.2 Å². The highest BCUT2D eigenvalue weighted by Crippen LogP contribution is 2.29. The van der Waals surface area contributed by atoms with Gasteiger partial charge in [-0.3, -0.25) is 0 Å². The number of nitrogens with one attached hydrogen (secondary N) is 7. The molecule has 0 spiro atoms. The average Bonchev–Trinajstić information content (AvgIpc) is 3.26. The summed E-state index contributed by atoms with van der Waals surface area (Å²) in [5.41, 5.74) is -1.26. The fourth-order valence-electron chi connectivity index (χ4n) is 10.1. The van der Waals surface area contributed by atoms with E-state index >= 15 is 0 Å². The fourth-order valence-corrected chi connectivity index (χ4v) is 10.1. The molecule has 15 nitrogen and oxygen atoms in total. The van der Waals surface area contributed by atoms with Crippen LogP contribution in [0, 0.1) is 0 Å². The summed E-state index contributed by atoms with van der Waals surface area (Å²) in [4.78, 5) is 0. The summed E-state index contributed by atoms with van der Waals surface area (Å²) in [6.07, 6.45) is 24.8. The standard InChI is InChI=1S/3C8H17NO.C7H15NO2.2C7H15NO.C5H11NO/c1-8(10)5-3-7(9-2)4-6-8;1-8(10)5-3-4-7(6-8)9-2;1-8(10)6-4-3-5-7(8)9-2;1-8-5-2-6(9)4-7(10)3-5;1-8-6-2-4-7(9)5-3-6;1-8-6-4-2-3-5-7(6)9;1-6-4-2-5(7)3-4/h3*7,9-10H,3-6H2,1-2H3;5-10H,2-4H2,1H3;2*6-9H,2-5H2,1H3;4-7H,2-3H2,1H3. The molecule has 7 aliphatic carbocycles. The highest BCUT2D eigenvalue weighted by molar-refractivity contribution is 4.90. The highest BCUT2D eigenvalue weighted by atomic mass is 16.3. The lowest BCUT2D eigenvalue weighted by Crippen LogP contribution is -2.49. The van der Waals surface area contributed by atoms with Gasteiger partial charge in [0.1, 0.15) is 0 Å². The van der Waals surface area contributed by atoms with Crippen LogP contribution in [-0.2, 0) is 0 Å². The third-order valence-corrected chi connectivity index (χ3v) is 15.2. The van der Waals surface area contributed by atoms with Crippen LogP contribution in [0.25, 0.3) is 0 Å². The van der Waals surface area contributed by atoms with Crippen molar-refractivity contribution < 1.29 is 40.9 Å². The van der Waals surface area contributed by atoms with Crippen LogP contribution in [0.4, 0.5) is 0 Å². The van der Waals surface area contributed by atoms with Crippen LogP contribution in [-0.4, -0.2) is 180 Å². The van der Waals surface area contributed by atoms with Gasteiger partial charge in [-0.25, -0.2) is 0 Å². The molecular formula is C50H107N7O8. The van der Waals surface area contributed by atoms with E-state index in [0.717, 1.165) is 122 Å². The van der Waals surface area contributed by atoms with Gasteiger partial charge in [-0.2, -0.15) is 0 Å². The molecule has 0 saturated heterocycles. The summed E-state index contributed by atoms with van der Waals surface area (Å²) in [5.74, 6) is 0. The number of hydrogen-bond acceptors (Lipinski definition) is 15. The molecule has 0 heterocycles. The molecule has 0 aromatic carbocycles. The molecule has 7 fully saturated rings. The maximum Gasteiger partial charge on any atom is 0.0771 e. The van der Waals surface area contributed by atoms with Crippen molar-refractivity contribution in [2.45, 2.75) is 271 Å². The van der Waals surface area contributed by atoms with Crippen LogP contribution in [0.1, 0.15) is 181 Å². The lowest BCUT2D eigenvalue weighted by Gasteiger charge is -2.36. The molecule has 0 aromatic rings. The number of hydrogen-bond donors (Lipinski definition) is 15. The Morgan fingerprint density at radius 2 is 0.815 bits per heavy atom. The summed E-state index contributed by atoms with van der Waals surface area (Å²) in [6, 6.07) is 3.38. The minimum absolute atomic E-state index is 0.0163. The van der Waals surface area contributed by atoms with Crippen molar-refractivity contribution in [1.29, 1.82) is 0 Å². The molecule has 0 amide bonds. The molecule has 0 bridgehead atoms. The van der Waals surface area contributed by atoms with Crippen molar-refractivity contribution in [2.75, 3.05) is 49.3 Å². The molecule has 15 N–H and O–H groups in total. The first-order chi connectivity index (χ1) is 30.7. The molecule has 7 rings (SSSR count). The van der Waals surface area contributed by atoms with Gasteiger partial charge in [-0.05, 0) is 205 Å². The predicted octanol–water partition coefficient (Wildman–Crippen LogP) is 2.93. The van der Waals surface area contributed by atoms with Crippen molar-refractivity contribution in [2.24, 2.45) is 0 Å². The molecule has 15 heteroatoms. The van der Waals surface area contributed by atoms with Gasteiger partial charge in [0.2, 0.25) is 0 Å². The molecule has 7 saturated carbocycles. The zero-order chi connectivity index (χ0) is 49.1. The van der Waals surface area contributed by atoms with Crippen LogP contribution in [0.3, 0.4) is 0 Å². The van der Waals surface area contributed by atoms with Gasteiger partial charge in [-0.1, -0.05) is 25.7 Å². The lowest BCUT2D eigenvalue weighted by molar-refractivity contribution is -0.00730. The molecule has 390 valence electrons. The highest BCUT2D eigenvalue weighted by Gasteiger charge is 2.33. The Labute approximate surface area is 397 Å². The maximum absolute atomic E-state index is 9.77. The van der Waals surface area contributed by atoms with Crippen LogP contribution in [0.15, 0.2) is 0 Å². The van der Waals surface area contributed by atoms with Crippen molar-refractivity contribution in [3.8, 4) is 0 Å². The molecular weight excluding hydrogens is 827 g/mol. The second-order valence-corrected chi connectivity index (χ2v) is 21.2. The van der Waals surface area contributed by atoms with Crippen LogP contribution >= 0.6 is 0 Å². The first-order valence-electron chi connectivity index (χ1n) is 25.9. The molecule has 8 atom stereocenters. The van der Waals surface area contributed by atoms with Gasteiger partial charge in [0.05, 0.1) is 47.3 Å². The van der Waals surface area contributed by atoms with Gasteiger partial charge in [0, 0.05) is 42.3 Å². The Bertz CT molecular complexity index is 1120. The normalized spacial score (nSPS) is 40.2. The maximum atomic E-state index is 9.77. The smallest absolute Gasteiger partial charge is 0.0771 e. The Morgan fingerprint density at radius 1 is 0.354 bits per heavy atom. The number of aliphatic hydroxyl groups excluding tert-OH is 5. The van der Waals surface area contributed by atoms with Gasteiger partial charge < -0.3 is 78.1 Å². The lowest BCUT2D eigenvalue weighted by atomic mass is 9.82. The van der Waals surface area contributed by atoms with Crippen LogP contribution in [0.2, 0.25) is 0 Å². The third-order valence-electron chi connectivity index (χ3n) is 15.2. The number of aliphatic hydroxyl groups is 8. The predicted molar refractivity (Wildman–Crippen MR) is 267 cm³/mol. The molecule has 65 heavy (non-hydrogen) atoms. The monoisotopic (exact) mass is 934 g/mol. The Kier molecular flexibility index (Phi) is 32.5. The largest absolute Gasteiger partial charge is 0.393 e. The molecule has 0 aliphatic heterocycles. The van der Waals surface area contributed by atoms with Crippen molar-refractivity contribution in [3.05, 3.63) is 0 Å². The minimum Gasteiger partial charge on any atom is -0.393 e. The van der Waals surface area contributed by atoms with Crippen molar-refractivity contribution in [3.63, 3.8) is 0 Å². The van der Waals surface area contributed by atoms with E-state index in [4.69, 9.17) is 10.2 Å². The van der Waals surface area contributed by atoms with Crippen molar-refractivity contribution >= 4 is 0 Å². The van der Waals surface area contributed by atoms with Crippen LogP contribution in [0.5, 0.6) is 0 Å². The fraction of sp³-hybridized carbons (Fsp3) is 1.00. The first kappa shape index (κ1) is 62.4. The Balaban J connectivity index is 0.000000380. The molecule has 8 unspecified atom stereocenters. The molecule has 0 aromatic heterocycles. The zero-order valence-corrected chi connectivity index (χ0v) is 43.2. The zero-order valence-electron chi connectivity index (χ0n) is 43.2. The number of likely N-dealkylation sites (N-methyl/N-ethyl adjacent to an activating group) is 2. The van der Waals surface area contributed by atoms with E-state index in [0.29, 0.717) is 48.7 Å². The van der Waals surface area contributed by atoms with E-state index in [1.807, 2.05) is 70.1 Å². The van der Waals surface area contributed by atoms with E-state index in [9.17, 15) is 30.6 Å². The second-order valence-electron chi connectivity index (χ2n) is 21.2. The second kappa shape index (κ2) is 33.8. The molecule has 0 radical (unpaired) electrons. The summed E-state index contributed by atoms with van der Waals surface area (Å²) < 4.78 is 0. The van der Waals surface area contributed by atoms with E-state index in [1.165, 1.54) is 32.1 Å². The van der Waals surface area contributed by atoms with Gasteiger partial charge in [-0.15, -0.1) is 0 Å². The quantitative estimate of drug-likeness (QED) is 0.176. The summed E-state index contributed by atoms with van der Waals surface area (Å²) in [6.45, 7) is 5.78. The Hall–Kier alpha value is -0.600. The van der Waals surface area contributed by atoms with Crippen molar-refractivity contribution in [1.82, 2.24) is 37.2 Å². The third kappa shape index (κ3) is 28.0. The topological polar surface area (TPSA) is 246 Å². The van der Waals surface area contributed by atoms with Gasteiger partial charge in [0.25, 0.3) is 0 Å². The van der Waals surface area contributed by atoms with E-state index < -0.39 is 11.2 Å². The number of rotatable bonds is 7. The SMILES string of the molecule is CNC1CC(O)C1.CNC1CC(O)CC(O)C1.CNC1CCC(C)(O)CC1.CNC1CCC(O)CC1.CNC1CCCC(C)(O)C1.CNC1CCCCC1(C)O.CNC1CCCCC1O. The van der Waals surface area contributed by atoms with E-state index in [2.05, 4.69) is 37.2 Å². The summed E-state index contributed by atoms with van der Waals surface area (Å²) in [5, 5.41) is 96.4. The summed E-state index contributed by atoms with van der Waals surface area (Å²) >= 11 is 0. The van der Waals surface area contributed by atoms with E-state index in [1.54, 1.807) is 0 Å². The Morgan fingerprint density at radius 3 is 1.18 bits per heavy atom. The van der Waals surface area contributed by atoms with Gasteiger partial charge in [0.15, 0.2) is 0 Å². The molecule has 7 aliphatic rings. The van der Waals surface area contributed by atoms with Gasteiger partial charge >= 0.3 is 0 Å². The minimum atomic E-state index is -0.465. The summed E-state index contributed by atoms with van der Waals surface area (Å²) in [7, 11) is 13.6.